The SMILES string of the molecule is COc1ccc(C(=O)Nc2ccccc2NC2(C)N=CNc3n[nH]c(C4CCN(C)CC4)c32)cc1C(F)(F)F. The molecular weight excluding hydrogens is 511 g/mol. The molecule has 0 spiro atoms. The van der Waals surface area contributed by atoms with Gasteiger partial charge >= 0.3 is 6.18 Å². The van der Waals surface area contributed by atoms with E-state index in [9.17, 15) is 18.0 Å². The molecule has 0 bridgehead atoms. The number of aromatic amines is 1. The number of benzene rings is 2. The summed E-state index contributed by atoms with van der Waals surface area (Å²) in [5.41, 5.74) is 0.769. The zero-order chi connectivity index (χ0) is 27.8. The van der Waals surface area contributed by atoms with Gasteiger partial charge in [-0.05, 0) is 70.2 Å². The normalized spacial score (nSPS) is 19.7. The van der Waals surface area contributed by atoms with E-state index in [-0.39, 0.29) is 11.3 Å². The van der Waals surface area contributed by atoms with Crippen molar-refractivity contribution in [2.45, 2.75) is 37.5 Å². The molecule has 9 nitrogen and oxygen atoms in total. The van der Waals surface area contributed by atoms with E-state index in [4.69, 9.17) is 9.73 Å². The molecule has 3 aromatic rings. The number of H-pyrrole nitrogens is 1. The van der Waals surface area contributed by atoms with Crippen molar-refractivity contribution in [1.29, 1.82) is 0 Å². The molecule has 5 rings (SSSR count). The van der Waals surface area contributed by atoms with Crippen LogP contribution in [0.15, 0.2) is 47.5 Å². The maximum Gasteiger partial charge on any atom is 0.419 e. The number of alkyl halides is 3. The van der Waals surface area contributed by atoms with Gasteiger partial charge in [0.15, 0.2) is 11.5 Å². The number of halogens is 3. The van der Waals surface area contributed by atoms with E-state index in [2.05, 4.69) is 38.1 Å². The van der Waals surface area contributed by atoms with Crippen molar-refractivity contribution in [2.75, 3.05) is 43.2 Å². The summed E-state index contributed by atoms with van der Waals surface area (Å²) in [5.74, 6) is -0.0728. The summed E-state index contributed by atoms with van der Waals surface area (Å²) in [4.78, 5) is 20.1. The molecule has 2 aliphatic heterocycles. The topological polar surface area (TPSA) is 107 Å². The maximum atomic E-state index is 13.5. The third-order valence-electron chi connectivity index (χ3n) is 7.25. The number of piperidine rings is 1. The monoisotopic (exact) mass is 541 g/mol. The lowest BCUT2D eigenvalue weighted by Crippen LogP contribution is -2.36. The van der Waals surface area contributed by atoms with Gasteiger partial charge < -0.3 is 25.6 Å². The Morgan fingerprint density at radius 1 is 1.15 bits per heavy atom. The highest BCUT2D eigenvalue weighted by atomic mass is 19.4. The number of ether oxygens (including phenoxy) is 1. The van der Waals surface area contributed by atoms with Crippen LogP contribution < -0.4 is 20.7 Å². The Bertz CT molecular complexity index is 1400. The van der Waals surface area contributed by atoms with Crippen LogP contribution in [0.25, 0.3) is 0 Å². The number of para-hydroxylation sites is 2. The highest BCUT2D eigenvalue weighted by molar-refractivity contribution is 6.06. The predicted octanol–water partition coefficient (Wildman–Crippen LogP) is 5.24. The molecule has 4 N–H and O–H groups in total. The number of carbonyl (C=O) groups excluding carboxylic acids is 1. The maximum absolute atomic E-state index is 13.5. The molecule has 1 unspecified atom stereocenters. The van der Waals surface area contributed by atoms with Crippen LogP contribution in [0.4, 0.5) is 30.4 Å². The van der Waals surface area contributed by atoms with E-state index in [1.54, 1.807) is 30.6 Å². The summed E-state index contributed by atoms with van der Waals surface area (Å²) in [5, 5.41) is 17.0. The lowest BCUT2D eigenvalue weighted by Gasteiger charge is -2.35. The molecule has 39 heavy (non-hydrogen) atoms. The third-order valence-corrected chi connectivity index (χ3v) is 7.25. The number of likely N-dealkylation sites (tertiary alicyclic amines) is 1. The minimum absolute atomic E-state index is 0.147. The first-order valence-electron chi connectivity index (χ1n) is 12.6. The number of nitrogens with one attached hydrogen (secondary N) is 4. The van der Waals surface area contributed by atoms with E-state index in [1.807, 2.05) is 6.92 Å². The van der Waals surface area contributed by atoms with Gasteiger partial charge in [0, 0.05) is 17.2 Å². The molecular formula is C27H30F3N7O2. The molecule has 206 valence electrons. The van der Waals surface area contributed by atoms with Gasteiger partial charge in [-0.1, -0.05) is 12.1 Å². The Hall–Kier alpha value is -4.06. The van der Waals surface area contributed by atoms with Crippen LogP contribution in [0.1, 0.15) is 52.9 Å². The second-order valence-electron chi connectivity index (χ2n) is 9.95. The number of fused-ring (bicyclic) bond motifs is 1. The van der Waals surface area contributed by atoms with Crippen LogP contribution in [0.3, 0.4) is 0 Å². The van der Waals surface area contributed by atoms with Gasteiger partial charge in [-0.2, -0.15) is 18.3 Å². The number of rotatable bonds is 6. The molecule has 1 fully saturated rings. The Morgan fingerprint density at radius 2 is 1.87 bits per heavy atom. The van der Waals surface area contributed by atoms with Crippen molar-refractivity contribution in [3.63, 3.8) is 0 Å². The highest BCUT2D eigenvalue weighted by Crippen LogP contribution is 2.42. The zero-order valence-corrected chi connectivity index (χ0v) is 21.8. The van der Waals surface area contributed by atoms with Crippen LogP contribution in [0.5, 0.6) is 5.75 Å². The van der Waals surface area contributed by atoms with Crippen molar-refractivity contribution in [3.05, 3.63) is 64.8 Å². The summed E-state index contributed by atoms with van der Waals surface area (Å²) in [6.07, 6.45) is -1.12. The van der Waals surface area contributed by atoms with Gasteiger partial charge in [-0.3, -0.25) is 9.89 Å². The molecule has 1 atom stereocenters. The van der Waals surface area contributed by atoms with Crippen LogP contribution in [-0.2, 0) is 11.8 Å². The van der Waals surface area contributed by atoms with Crippen molar-refractivity contribution in [3.8, 4) is 5.75 Å². The lowest BCUT2D eigenvalue weighted by molar-refractivity contribution is -0.138. The number of methoxy groups -OCH3 is 1. The average Bonchev–Trinajstić information content (AvgIpc) is 3.35. The van der Waals surface area contributed by atoms with E-state index in [0.717, 1.165) is 56.4 Å². The van der Waals surface area contributed by atoms with Crippen molar-refractivity contribution in [1.82, 2.24) is 15.1 Å². The van der Waals surface area contributed by atoms with Crippen molar-refractivity contribution >= 4 is 29.4 Å². The number of nitrogens with zero attached hydrogens (tertiary/aromatic N) is 3. The Kier molecular flexibility index (Phi) is 6.98. The number of carbonyl (C=O) groups is 1. The Labute approximate surface area is 223 Å². The number of amides is 1. The van der Waals surface area contributed by atoms with E-state index in [1.165, 1.54) is 6.07 Å². The van der Waals surface area contributed by atoms with Crippen molar-refractivity contribution < 1.29 is 22.7 Å². The van der Waals surface area contributed by atoms with Crippen LogP contribution in [0, 0.1) is 0 Å². The van der Waals surface area contributed by atoms with Gasteiger partial charge in [0.25, 0.3) is 5.91 Å². The van der Waals surface area contributed by atoms with Crippen molar-refractivity contribution in [2.24, 2.45) is 4.99 Å². The summed E-state index contributed by atoms with van der Waals surface area (Å²) in [7, 11) is 3.26. The summed E-state index contributed by atoms with van der Waals surface area (Å²) in [6.45, 7) is 3.89. The fourth-order valence-corrected chi connectivity index (χ4v) is 5.16. The molecule has 1 saturated heterocycles. The van der Waals surface area contributed by atoms with Gasteiger partial charge in [0.2, 0.25) is 0 Å². The molecule has 1 aromatic heterocycles. The fraction of sp³-hybridized carbons (Fsp3) is 0.370. The van der Waals surface area contributed by atoms with E-state index >= 15 is 0 Å². The first kappa shape index (κ1) is 26.5. The largest absolute Gasteiger partial charge is 0.496 e. The summed E-state index contributed by atoms with van der Waals surface area (Å²) < 4.78 is 45.3. The standard InChI is InChI=1S/C27H30F3N7O2/c1-26(22-23(16-10-12-37(2)13-11-16)35-36-24(22)31-15-32-26)34-20-7-5-4-6-19(20)33-25(38)17-8-9-21(39-3)18(14-17)27(28,29)30/h4-9,14-16,34H,10-13H2,1-3H3,(H,33,38)(H2,31,32,35,36). The second-order valence-corrected chi connectivity index (χ2v) is 9.95. The number of aromatic nitrogens is 2. The van der Waals surface area contributed by atoms with Gasteiger partial charge in [0.1, 0.15) is 5.75 Å². The first-order valence-corrected chi connectivity index (χ1v) is 12.6. The quantitative estimate of drug-likeness (QED) is 0.340. The number of hydrogen-bond donors (Lipinski definition) is 4. The van der Waals surface area contributed by atoms with Crippen LogP contribution in [0.2, 0.25) is 0 Å². The smallest absolute Gasteiger partial charge is 0.419 e. The molecule has 2 aromatic carbocycles. The average molecular weight is 542 g/mol. The van der Waals surface area contributed by atoms with Gasteiger partial charge in [-0.25, -0.2) is 4.99 Å². The Balaban J connectivity index is 1.42. The summed E-state index contributed by atoms with van der Waals surface area (Å²) >= 11 is 0. The minimum Gasteiger partial charge on any atom is -0.496 e. The molecule has 1 amide bonds. The number of aliphatic imine (C=N–C) groups is 1. The van der Waals surface area contributed by atoms with E-state index < -0.39 is 23.3 Å². The van der Waals surface area contributed by atoms with Crippen LogP contribution >= 0.6 is 0 Å². The van der Waals surface area contributed by atoms with Gasteiger partial charge in [-0.15, -0.1) is 0 Å². The number of anilines is 3. The third kappa shape index (κ3) is 5.29. The lowest BCUT2D eigenvalue weighted by atomic mass is 9.87. The predicted molar refractivity (Wildman–Crippen MR) is 144 cm³/mol. The molecule has 3 heterocycles. The second kappa shape index (κ2) is 10.3. The van der Waals surface area contributed by atoms with Gasteiger partial charge in [0.05, 0.1) is 36.0 Å². The molecule has 12 heteroatoms. The minimum atomic E-state index is -4.67. The highest BCUT2D eigenvalue weighted by Gasteiger charge is 2.39. The zero-order valence-electron chi connectivity index (χ0n) is 21.8. The molecule has 0 saturated carbocycles. The van der Waals surface area contributed by atoms with E-state index in [0.29, 0.717) is 23.1 Å². The number of hydrogen-bond acceptors (Lipinski definition) is 7. The first-order chi connectivity index (χ1) is 18.6. The molecule has 0 radical (unpaired) electrons. The molecule has 2 aliphatic rings. The van der Waals surface area contributed by atoms with Crippen LogP contribution in [-0.4, -0.2) is 54.6 Å². The fourth-order valence-electron chi connectivity index (χ4n) is 5.16. The molecule has 0 aliphatic carbocycles. The summed E-state index contributed by atoms with van der Waals surface area (Å²) in [6, 6.07) is 10.2. The Morgan fingerprint density at radius 3 is 2.56 bits per heavy atom.